The first-order chi connectivity index (χ1) is 13.3. The molecule has 2 aliphatic rings. The summed E-state index contributed by atoms with van der Waals surface area (Å²) in [6.45, 7) is 7.17. The predicted molar refractivity (Wildman–Crippen MR) is 109 cm³/mol. The van der Waals surface area contributed by atoms with Gasteiger partial charge in [-0.3, -0.25) is 0 Å². The zero-order valence-corrected chi connectivity index (χ0v) is 16.4. The smallest absolute Gasteiger partial charge is 0.139 e. The van der Waals surface area contributed by atoms with Crippen LogP contribution in [0.2, 0.25) is 0 Å². The Balaban J connectivity index is 1.38. The van der Waals surface area contributed by atoms with Gasteiger partial charge < -0.3 is 19.5 Å². The van der Waals surface area contributed by atoms with Crippen molar-refractivity contribution in [3.8, 4) is 0 Å². The van der Waals surface area contributed by atoms with Crippen molar-refractivity contribution >= 4 is 5.69 Å². The largest absolute Gasteiger partial charge is 0.372 e. The van der Waals surface area contributed by atoms with Gasteiger partial charge in [-0.2, -0.15) is 0 Å². The number of piperidine rings is 1. The summed E-state index contributed by atoms with van der Waals surface area (Å²) in [7, 11) is 0. The molecule has 0 bridgehead atoms. The lowest BCUT2D eigenvalue weighted by molar-refractivity contribution is -0.0182. The molecule has 0 saturated carbocycles. The minimum atomic E-state index is 0.0429. The number of nitrogens with one attached hydrogen (secondary N) is 1. The summed E-state index contributed by atoms with van der Waals surface area (Å²) in [5.41, 5.74) is 2.70. The molecule has 0 aliphatic carbocycles. The van der Waals surface area contributed by atoms with Crippen LogP contribution in [0.4, 0.5) is 5.69 Å². The maximum absolute atomic E-state index is 6.11. The molecule has 3 heterocycles. The normalized spacial score (nSPS) is 23.5. The van der Waals surface area contributed by atoms with Gasteiger partial charge in [0.05, 0.1) is 0 Å². The number of hydrogen-bond acceptors (Lipinski definition) is 4. The molecule has 1 aromatic heterocycles. The van der Waals surface area contributed by atoms with Gasteiger partial charge in [-0.05, 0) is 56.7 Å². The molecule has 0 spiro atoms. The van der Waals surface area contributed by atoms with Crippen molar-refractivity contribution in [2.45, 2.75) is 64.3 Å². The van der Waals surface area contributed by atoms with E-state index >= 15 is 0 Å². The minimum Gasteiger partial charge on any atom is -0.372 e. The third kappa shape index (κ3) is 4.36. The van der Waals surface area contributed by atoms with Crippen molar-refractivity contribution in [1.29, 1.82) is 0 Å². The highest BCUT2D eigenvalue weighted by molar-refractivity contribution is 5.47. The van der Waals surface area contributed by atoms with E-state index in [1.807, 2.05) is 12.4 Å². The monoisotopic (exact) mass is 368 g/mol. The van der Waals surface area contributed by atoms with Crippen LogP contribution >= 0.6 is 0 Å². The lowest BCUT2D eigenvalue weighted by Gasteiger charge is -2.32. The minimum absolute atomic E-state index is 0.0429. The molecule has 2 saturated heterocycles. The molecule has 2 atom stereocenters. The number of nitrogens with zero attached hydrogens (tertiary/aromatic N) is 3. The van der Waals surface area contributed by atoms with Gasteiger partial charge in [0.25, 0.3) is 0 Å². The van der Waals surface area contributed by atoms with Crippen LogP contribution in [0, 0.1) is 0 Å². The van der Waals surface area contributed by atoms with Crippen LogP contribution in [0.3, 0.4) is 0 Å². The quantitative estimate of drug-likeness (QED) is 0.840. The fraction of sp³-hybridized carbons (Fsp3) is 0.591. The fourth-order valence-electron chi connectivity index (χ4n) is 4.32. The summed E-state index contributed by atoms with van der Waals surface area (Å²) in [6, 6.07) is 9.40. The van der Waals surface area contributed by atoms with Crippen molar-refractivity contribution in [2.24, 2.45) is 0 Å². The summed E-state index contributed by atoms with van der Waals surface area (Å²) in [5.74, 6) is 1.05. The summed E-state index contributed by atoms with van der Waals surface area (Å²) in [6.07, 6.45) is 10.2. The predicted octanol–water partition coefficient (Wildman–Crippen LogP) is 3.90. The summed E-state index contributed by atoms with van der Waals surface area (Å²) < 4.78 is 8.30. The number of ether oxygens (including phenoxy) is 1. The highest BCUT2D eigenvalue weighted by atomic mass is 16.5. The Labute approximate surface area is 162 Å². The van der Waals surface area contributed by atoms with E-state index in [1.54, 1.807) is 0 Å². The van der Waals surface area contributed by atoms with Crippen molar-refractivity contribution in [3.05, 3.63) is 48.0 Å². The molecule has 2 fully saturated rings. The van der Waals surface area contributed by atoms with Gasteiger partial charge in [0.15, 0.2) is 0 Å². The Hall–Kier alpha value is -1.85. The van der Waals surface area contributed by atoms with Crippen molar-refractivity contribution in [3.63, 3.8) is 0 Å². The number of anilines is 1. The second-order valence-corrected chi connectivity index (χ2v) is 7.71. The summed E-state index contributed by atoms with van der Waals surface area (Å²) in [5, 5.41) is 3.73. The standard InChI is InChI=1S/C22H32N4O/c1-2-25-15-12-23-22(25)21-20(7-6-16-27-21)24-17-18-8-10-19(11-9-18)26-13-4-3-5-14-26/h8-12,15,20-21,24H,2-7,13-14,16-17H2,1H3/t20-,21-/m0/s1. The van der Waals surface area contributed by atoms with Crippen molar-refractivity contribution in [1.82, 2.24) is 14.9 Å². The van der Waals surface area contributed by atoms with E-state index in [9.17, 15) is 0 Å². The second kappa shape index (κ2) is 8.89. The number of rotatable bonds is 6. The van der Waals surface area contributed by atoms with Crippen molar-refractivity contribution < 1.29 is 4.74 Å². The number of aryl methyl sites for hydroxylation is 1. The molecule has 1 aromatic carbocycles. The van der Waals surface area contributed by atoms with Crippen LogP contribution in [-0.4, -0.2) is 35.3 Å². The lowest BCUT2D eigenvalue weighted by Crippen LogP contribution is -2.40. The van der Waals surface area contributed by atoms with Gasteiger partial charge in [0, 0.05) is 56.9 Å². The maximum Gasteiger partial charge on any atom is 0.139 e. The SMILES string of the molecule is CCn1ccnc1[C@H]1OCCC[C@@H]1NCc1ccc(N2CCCCC2)cc1. The van der Waals surface area contributed by atoms with Crippen LogP contribution in [0.15, 0.2) is 36.7 Å². The van der Waals surface area contributed by atoms with Crippen LogP contribution in [-0.2, 0) is 17.8 Å². The van der Waals surface area contributed by atoms with E-state index in [1.165, 1.54) is 43.6 Å². The zero-order chi connectivity index (χ0) is 18.5. The molecule has 5 heteroatoms. The number of hydrogen-bond donors (Lipinski definition) is 1. The summed E-state index contributed by atoms with van der Waals surface area (Å²) >= 11 is 0. The molecule has 27 heavy (non-hydrogen) atoms. The molecule has 0 amide bonds. The molecular weight excluding hydrogens is 336 g/mol. The van der Waals surface area contributed by atoms with Crippen LogP contribution in [0.1, 0.15) is 56.5 Å². The molecule has 1 N–H and O–H groups in total. The fourth-order valence-corrected chi connectivity index (χ4v) is 4.32. The van der Waals surface area contributed by atoms with Gasteiger partial charge in [-0.25, -0.2) is 4.98 Å². The second-order valence-electron chi connectivity index (χ2n) is 7.71. The van der Waals surface area contributed by atoms with Gasteiger partial charge in [-0.15, -0.1) is 0 Å². The maximum atomic E-state index is 6.11. The van der Waals surface area contributed by atoms with E-state index in [0.717, 1.165) is 38.4 Å². The Kier molecular flexibility index (Phi) is 6.10. The van der Waals surface area contributed by atoms with Crippen LogP contribution < -0.4 is 10.2 Å². The number of imidazole rings is 1. The third-order valence-corrected chi connectivity index (χ3v) is 5.89. The first-order valence-electron chi connectivity index (χ1n) is 10.5. The average molecular weight is 369 g/mol. The Morgan fingerprint density at radius 2 is 1.93 bits per heavy atom. The van der Waals surface area contributed by atoms with Gasteiger partial charge in [0.1, 0.15) is 11.9 Å². The van der Waals surface area contributed by atoms with Gasteiger partial charge in [-0.1, -0.05) is 12.1 Å². The Morgan fingerprint density at radius 1 is 1.11 bits per heavy atom. The molecule has 0 radical (unpaired) electrons. The van der Waals surface area contributed by atoms with Gasteiger partial charge >= 0.3 is 0 Å². The first kappa shape index (κ1) is 18.5. The molecule has 5 nitrogen and oxygen atoms in total. The number of aromatic nitrogens is 2. The van der Waals surface area contributed by atoms with Crippen LogP contribution in [0.5, 0.6) is 0 Å². The highest BCUT2D eigenvalue weighted by Gasteiger charge is 2.30. The topological polar surface area (TPSA) is 42.3 Å². The van der Waals surface area contributed by atoms with Crippen molar-refractivity contribution in [2.75, 3.05) is 24.6 Å². The molecular formula is C22H32N4O. The van der Waals surface area contributed by atoms with E-state index in [0.29, 0.717) is 6.04 Å². The number of benzene rings is 1. The molecule has 2 aliphatic heterocycles. The Morgan fingerprint density at radius 3 is 2.70 bits per heavy atom. The average Bonchev–Trinajstić information content (AvgIpc) is 3.22. The van der Waals surface area contributed by atoms with E-state index < -0.39 is 0 Å². The van der Waals surface area contributed by atoms with Crippen LogP contribution in [0.25, 0.3) is 0 Å². The molecule has 4 rings (SSSR count). The lowest BCUT2D eigenvalue weighted by atomic mass is 10.0. The van der Waals surface area contributed by atoms with E-state index in [-0.39, 0.29) is 6.10 Å². The molecule has 0 unspecified atom stereocenters. The zero-order valence-electron chi connectivity index (χ0n) is 16.4. The third-order valence-electron chi connectivity index (χ3n) is 5.89. The van der Waals surface area contributed by atoms with E-state index in [2.05, 4.69) is 51.0 Å². The van der Waals surface area contributed by atoms with Gasteiger partial charge in [0.2, 0.25) is 0 Å². The Bertz CT molecular complexity index is 705. The molecule has 146 valence electrons. The highest BCUT2D eigenvalue weighted by Crippen LogP contribution is 2.28. The molecule has 2 aromatic rings. The first-order valence-corrected chi connectivity index (χ1v) is 10.5. The summed E-state index contributed by atoms with van der Waals surface area (Å²) in [4.78, 5) is 7.08. The van der Waals surface area contributed by atoms with E-state index in [4.69, 9.17) is 4.74 Å².